The largest absolute Gasteiger partial charge is 0.303 e. The Labute approximate surface area is 111 Å². The number of fused-ring (bicyclic) bond motifs is 1. The number of aromatic nitrogens is 3. The van der Waals surface area contributed by atoms with Crippen molar-refractivity contribution in [2.75, 3.05) is 0 Å². The Morgan fingerprint density at radius 1 is 1.17 bits per heavy atom. The highest BCUT2D eigenvalue weighted by atomic mass is 79.9. The van der Waals surface area contributed by atoms with Crippen LogP contribution >= 0.6 is 15.9 Å². The van der Waals surface area contributed by atoms with E-state index in [1.165, 1.54) is 12.3 Å². The van der Waals surface area contributed by atoms with Gasteiger partial charge in [0.1, 0.15) is 17.2 Å². The normalized spacial score (nSPS) is 11.1. The van der Waals surface area contributed by atoms with Crippen molar-refractivity contribution in [2.45, 2.75) is 6.92 Å². The summed E-state index contributed by atoms with van der Waals surface area (Å²) < 4.78 is 15.8. The Kier molecular flexibility index (Phi) is 2.63. The van der Waals surface area contributed by atoms with Gasteiger partial charge >= 0.3 is 0 Å². The van der Waals surface area contributed by atoms with Crippen LogP contribution in [0.3, 0.4) is 0 Å². The Morgan fingerprint density at radius 3 is 2.72 bits per heavy atom. The first-order chi connectivity index (χ1) is 8.65. The summed E-state index contributed by atoms with van der Waals surface area (Å²) in [4.78, 5) is 8.51. The van der Waals surface area contributed by atoms with Crippen LogP contribution in [0.25, 0.3) is 17.0 Å². The van der Waals surface area contributed by atoms with Gasteiger partial charge in [-0.2, -0.15) is 0 Å². The van der Waals surface area contributed by atoms with E-state index in [0.29, 0.717) is 5.69 Å². The van der Waals surface area contributed by atoms with Crippen molar-refractivity contribution in [3.05, 3.63) is 52.6 Å². The lowest BCUT2D eigenvalue weighted by molar-refractivity contribution is 0.622. The molecule has 0 aromatic carbocycles. The van der Waals surface area contributed by atoms with Crippen LogP contribution in [-0.4, -0.2) is 14.4 Å². The highest BCUT2D eigenvalue weighted by Gasteiger charge is 2.08. The topological polar surface area (TPSA) is 30.2 Å². The van der Waals surface area contributed by atoms with Crippen molar-refractivity contribution < 1.29 is 4.39 Å². The van der Waals surface area contributed by atoms with Gasteiger partial charge in [-0.05, 0) is 47.1 Å². The minimum Gasteiger partial charge on any atom is -0.303 e. The molecule has 0 aliphatic heterocycles. The number of nitrogens with zero attached hydrogens (tertiary/aromatic N) is 3. The number of rotatable bonds is 1. The SMILES string of the molecule is Cc1c(Br)ccc2nc(-c3ccc(F)cn3)cn12. The first-order valence-electron chi connectivity index (χ1n) is 5.41. The van der Waals surface area contributed by atoms with Crippen molar-refractivity contribution in [1.82, 2.24) is 14.4 Å². The minimum atomic E-state index is -0.346. The number of aryl methyl sites for hydroxylation is 1. The van der Waals surface area contributed by atoms with Crippen LogP contribution in [0.2, 0.25) is 0 Å². The van der Waals surface area contributed by atoms with E-state index >= 15 is 0 Å². The summed E-state index contributed by atoms with van der Waals surface area (Å²) in [6.07, 6.45) is 3.10. The van der Waals surface area contributed by atoms with Crippen LogP contribution in [0.15, 0.2) is 41.1 Å². The minimum absolute atomic E-state index is 0.346. The summed E-state index contributed by atoms with van der Waals surface area (Å²) >= 11 is 3.48. The van der Waals surface area contributed by atoms with Gasteiger partial charge in [-0.25, -0.2) is 9.37 Å². The molecule has 0 radical (unpaired) electrons. The molecule has 5 heteroatoms. The summed E-state index contributed by atoms with van der Waals surface area (Å²) in [5.41, 5.74) is 3.30. The number of hydrogen-bond donors (Lipinski definition) is 0. The monoisotopic (exact) mass is 305 g/mol. The molecule has 0 aliphatic carbocycles. The maximum Gasteiger partial charge on any atom is 0.141 e. The van der Waals surface area contributed by atoms with E-state index in [0.717, 1.165) is 21.5 Å². The zero-order valence-electron chi connectivity index (χ0n) is 9.56. The first kappa shape index (κ1) is 11.3. The number of imidazole rings is 1. The van der Waals surface area contributed by atoms with E-state index in [1.54, 1.807) is 6.07 Å². The van der Waals surface area contributed by atoms with E-state index in [1.807, 2.05) is 29.7 Å². The Bertz CT molecular complexity index is 719. The van der Waals surface area contributed by atoms with Crippen molar-refractivity contribution >= 4 is 21.6 Å². The highest BCUT2D eigenvalue weighted by molar-refractivity contribution is 9.10. The fraction of sp³-hybridized carbons (Fsp3) is 0.0769. The van der Waals surface area contributed by atoms with Crippen molar-refractivity contribution in [3.8, 4) is 11.4 Å². The molecule has 0 saturated carbocycles. The molecule has 3 aromatic rings. The second-order valence-electron chi connectivity index (χ2n) is 3.98. The molecule has 3 heterocycles. The highest BCUT2D eigenvalue weighted by Crippen LogP contribution is 2.22. The van der Waals surface area contributed by atoms with Crippen LogP contribution in [-0.2, 0) is 0 Å². The van der Waals surface area contributed by atoms with Gasteiger partial charge in [0.05, 0.1) is 11.9 Å². The number of halogens is 2. The molecule has 90 valence electrons. The molecule has 0 spiro atoms. The summed E-state index contributed by atoms with van der Waals surface area (Å²) in [6, 6.07) is 6.89. The van der Waals surface area contributed by atoms with Crippen LogP contribution in [0, 0.1) is 12.7 Å². The molecular weight excluding hydrogens is 297 g/mol. The third-order valence-corrected chi connectivity index (χ3v) is 3.65. The van der Waals surface area contributed by atoms with Gasteiger partial charge in [0, 0.05) is 16.4 Å². The molecule has 0 amide bonds. The third-order valence-electron chi connectivity index (χ3n) is 2.81. The quantitative estimate of drug-likeness (QED) is 0.687. The maximum absolute atomic E-state index is 12.8. The average Bonchev–Trinajstić information content (AvgIpc) is 2.80. The van der Waals surface area contributed by atoms with Gasteiger partial charge in [0.15, 0.2) is 0 Å². The van der Waals surface area contributed by atoms with Gasteiger partial charge in [0.25, 0.3) is 0 Å². The van der Waals surface area contributed by atoms with Crippen LogP contribution < -0.4 is 0 Å². The molecule has 0 unspecified atom stereocenters. The van der Waals surface area contributed by atoms with Crippen molar-refractivity contribution in [3.63, 3.8) is 0 Å². The van der Waals surface area contributed by atoms with Gasteiger partial charge in [-0.15, -0.1) is 0 Å². The van der Waals surface area contributed by atoms with Gasteiger partial charge in [-0.3, -0.25) is 4.98 Å². The fourth-order valence-corrected chi connectivity index (χ4v) is 2.14. The van der Waals surface area contributed by atoms with E-state index in [9.17, 15) is 4.39 Å². The summed E-state index contributed by atoms with van der Waals surface area (Å²) in [7, 11) is 0. The van der Waals surface area contributed by atoms with Crippen molar-refractivity contribution in [2.24, 2.45) is 0 Å². The molecule has 0 aliphatic rings. The lowest BCUT2D eigenvalue weighted by Gasteiger charge is -2.00. The molecule has 18 heavy (non-hydrogen) atoms. The molecule has 0 N–H and O–H groups in total. The maximum atomic E-state index is 12.8. The standard InChI is InChI=1S/C13H9BrFN3/c1-8-10(14)3-5-13-17-12(7-18(8)13)11-4-2-9(15)6-16-11/h2-7H,1H3. The molecular formula is C13H9BrFN3. The molecule has 0 saturated heterocycles. The third kappa shape index (κ3) is 1.80. The van der Waals surface area contributed by atoms with E-state index in [-0.39, 0.29) is 5.82 Å². The second kappa shape index (κ2) is 4.17. The van der Waals surface area contributed by atoms with Gasteiger partial charge < -0.3 is 4.40 Å². The smallest absolute Gasteiger partial charge is 0.141 e. The van der Waals surface area contributed by atoms with Crippen molar-refractivity contribution in [1.29, 1.82) is 0 Å². The predicted octanol–water partition coefficient (Wildman–Crippen LogP) is 3.61. The molecule has 0 bridgehead atoms. The Hall–Kier alpha value is -1.75. The number of pyridine rings is 2. The number of hydrogen-bond acceptors (Lipinski definition) is 2. The fourth-order valence-electron chi connectivity index (χ4n) is 1.81. The molecule has 3 aromatic heterocycles. The average molecular weight is 306 g/mol. The van der Waals surface area contributed by atoms with E-state index in [4.69, 9.17) is 0 Å². The van der Waals surface area contributed by atoms with E-state index in [2.05, 4.69) is 25.9 Å². The predicted molar refractivity (Wildman–Crippen MR) is 70.8 cm³/mol. The van der Waals surface area contributed by atoms with Crippen LogP contribution in [0.5, 0.6) is 0 Å². The summed E-state index contributed by atoms with van der Waals surface area (Å²) in [5.74, 6) is -0.346. The zero-order valence-corrected chi connectivity index (χ0v) is 11.1. The first-order valence-corrected chi connectivity index (χ1v) is 6.20. The zero-order chi connectivity index (χ0) is 12.7. The molecule has 0 fully saturated rings. The second-order valence-corrected chi connectivity index (χ2v) is 4.84. The lowest BCUT2D eigenvalue weighted by atomic mass is 10.3. The lowest BCUT2D eigenvalue weighted by Crippen LogP contribution is -1.89. The summed E-state index contributed by atoms with van der Waals surface area (Å²) in [6.45, 7) is 2.00. The Balaban J connectivity index is 2.19. The van der Waals surface area contributed by atoms with Gasteiger partial charge in [0.2, 0.25) is 0 Å². The van der Waals surface area contributed by atoms with Crippen LogP contribution in [0.4, 0.5) is 4.39 Å². The molecule has 3 rings (SSSR count). The molecule has 3 nitrogen and oxygen atoms in total. The van der Waals surface area contributed by atoms with Gasteiger partial charge in [-0.1, -0.05) is 0 Å². The Morgan fingerprint density at radius 2 is 2.00 bits per heavy atom. The summed E-state index contributed by atoms with van der Waals surface area (Å²) in [5, 5.41) is 0. The molecule has 0 atom stereocenters. The van der Waals surface area contributed by atoms with E-state index < -0.39 is 0 Å². The van der Waals surface area contributed by atoms with Crippen LogP contribution in [0.1, 0.15) is 5.69 Å².